The van der Waals surface area contributed by atoms with E-state index in [1.165, 1.54) is 32.1 Å². The number of hydrogen-bond acceptors (Lipinski definition) is 0. The maximum Gasteiger partial charge on any atom is -0.0380 e. The second kappa shape index (κ2) is 5.92. The Bertz CT molecular complexity index is 154. The van der Waals surface area contributed by atoms with E-state index in [9.17, 15) is 0 Å². The van der Waals surface area contributed by atoms with Crippen LogP contribution in [0.25, 0.3) is 0 Å². The molecule has 0 spiro atoms. The molecular weight excluding hydrogens is 180 g/mol. The van der Waals surface area contributed by atoms with Crippen molar-refractivity contribution in [2.45, 2.75) is 80.6 Å². The molecule has 0 nitrogen and oxygen atoms in total. The third kappa shape index (κ3) is 10.3. The van der Waals surface area contributed by atoms with Crippen LogP contribution in [-0.2, 0) is 0 Å². The first kappa shape index (κ1) is 15.0. The highest BCUT2D eigenvalue weighted by atomic mass is 14.2. The number of hydrogen-bond donors (Lipinski definition) is 0. The minimum Gasteiger partial charge on any atom is -0.0651 e. The van der Waals surface area contributed by atoms with Crippen LogP contribution in [-0.4, -0.2) is 0 Å². The molecule has 0 N–H and O–H groups in total. The highest BCUT2D eigenvalue weighted by Gasteiger charge is 2.18. The Labute approximate surface area is 97.8 Å². The van der Waals surface area contributed by atoms with Gasteiger partial charge in [-0.25, -0.2) is 0 Å². The topological polar surface area (TPSA) is 0 Å². The molecule has 0 fully saturated rings. The lowest BCUT2D eigenvalue weighted by Gasteiger charge is -2.26. The summed E-state index contributed by atoms with van der Waals surface area (Å²) in [5.41, 5.74) is 1.02. The minimum absolute atomic E-state index is 0.502. The van der Waals surface area contributed by atoms with Crippen molar-refractivity contribution in [1.82, 2.24) is 0 Å². The van der Waals surface area contributed by atoms with Crippen LogP contribution in [0.3, 0.4) is 0 Å². The smallest absolute Gasteiger partial charge is 0.0380 e. The first-order chi connectivity index (χ1) is 6.64. The van der Waals surface area contributed by atoms with E-state index in [2.05, 4.69) is 48.5 Å². The minimum atomic E-state index is 0.502. The summed E-state index contributed by atoms with van der Waals surface area (Å²) in [5.74, 6) is 0.937. The molecule has 0 bridgehead atoms. The van der Waals surface area contributed by atoms with E-state index in [1.807, 2.05) is 0 Å². The van der Waals surface area contributed by atoms with Crippen LogP contribution < -0.4 is 0 Å². The summed E-state index contributed by atoms with van der Waals surface area (Å²) in [6, 6.07) is 0. The molecule has 0 aliphatic carbocycles. The van der Waals surface area contributed by atoms with Gasteiger partial charge in [0.2, 0.25) is 0 Å². The molecule has 0 aromatic carbocycles. The van der Waals surface area contributed by atoms with Crippen molar-refractivity contribution in [3.8, 4) is 0 Å². The van der Waals surface area contributed by atoms with Crippen LogP contribution in [0.1, 0.15) is 80.6 Å². The lowest BCUT2D eigenvalue weighted by Crippen LogP contribution is -2.13. The third-order valence-corrected chi connectivity index (χ3v) is 3.02. The van der Waals surface area contributed by atoms with Crippen LogP contribution in [0, 0.1) is 16.7 Å². The normalized spacial score (nSPS) is 15.4. The van der Waals surface area contributed by atoms with Crippen molar-refractivity contribution in [3.05, 3.63) is 0 Å². The third-order valence-electron chi connectivity index (χ3n) is 3.02. The molecule has 0 amide bonds. The molecule has 0 aliphatic rings. The largest absolute Gasteiger partial charge is 0.0651 e. The maximum absolute atomic E-state index is 2.36. The van der Waals surface area contributed by atoms with Crippen LogP contribution in [0.2, 0.25) is 0 Å². The SMILES string of the molecule is CCC(CCCC(C)(C)C)CC(C)(C)C. The number of rotatable bonds is 5. The molecule has 92 valence electrons. The summed E-state index contributed by atoms with van der Waals surface area (Å²) < 4.78 is 0. The summed E-state index contributed by atoms with van der Waals surface area (Å²) in [7, 11) is 0. The molecule has 0 saturated heterocycles. The zero-order chi connectivity index (χ0) is 12.1. The Hall–Kier alpha value is 0. The van der Waals surface area contributed by atoms with E-state index in [1.54, 1.807) is 0 Å². The molecule has 0 heteroatoms. The molecule has 0 saturated carbocycles. The van der Waals surface area contributed by atoms with E-state index in [0.29, 0.717) is 10.8 Å². The van der Waals surface area contributed by atoms with Crippen molar-refractivity contribution >= 4 is 0 Å². The molecule has 0 heterocycles. The molecule has 1 unspecified atom stereocenters. The van der Waals surface area contributed by atoms with Gasteiger partial charge in [-0.1, -0.05) is 67.7 Å². The molecule has 0 aromatic rings. The average Bonchev–Trinajstić information content (AvgIpc) is 1.97. The van der Waals surface area contributed by atoms with Gasteiger partial charge in [-0.2, -0.15) is 0 Å². The molecule has 0 radical (unpaired) electrons. The predicted octanol–water partition coefficient (Wildman–Crippen LogP) is 5.67. The van der Waals surface area contributed by atoms with Gasteiger partial charge in [0.25, 0.3) is 0 Å². The maximum atomic E-state index is 2.36. The van der Waals surface area contributed by atoms with E-state index in [-0.39, 0.29) is 0 Å². The lowest BCUT2D eigenvalue weighted by molar-refractivity contribution is 0.258. The van der Waals surface area contributed by atoms with Gasteiger partial charge in [-0.05, 0) is 29.6 Å². The molecule has 1 atom stereocenters. The van der Waals surface area contributed by atoms with Gasteiger partial charge >= 0.3 is 0 Å². The van der Waals surface area contributed by atoms with Crippen molar-refractivity contribution in [1.29, 1.82) is 0 Å². The van der Waals surface area contributed by atoms with Gasteiger partial charge < -0.3 is 0 Å². The molecular formula is C15H32. The van der Waals surface area contributed by atoms with Crippen molar-refractivity contribution < 1.29 is 0 Å². The molecule has 15 heavy (non-hydrogen) atoms. The van der Waals surface area contributed by atoms with E-state index >= 15 is 0 Å². The monoisotopic (exact) mass is 212 g/mol. The Balaban J connectivity index is 3.82. The summed E-state index contributed by atoms with van der Waals surface area (Å²) in [6.07, 6.45) is 6.92. The van der Waals surface area contributed by atoms with Gasteiger partial charge in [0.05, 0.1) is 0 Å². The van der Waals surface area contributed by atoms with Crippen LogP contribution in [0.15, 0.2) is 0 Å². The van der Waals surface area contributed by atoms with Gasteiger partial charge in [-0.15, -0.1) is 0 Å². The summed E-state index contributed by atoms with van der Waals surface area (Å²) in [4.78, 5) is 0. The van der Waals surface area contributed by atoms with E-state index < -0.39 is 0 Å². The Morgan fingerprint density at radius 3 is 1.73 bits per heavy atom. The van der Waals surface area contributed by atoms with Crippen molar-refractivity contribution in [3.63, 3.8) is 0 Å². The van der Waals surface area contributed by atoms with Crippen LogP contribution in [0.5, 0.6) is 0 Å². The second-order valence-electron chi connectivity index (χ2n) is 7.49. The Kier molecular flexibility index (Phi) is 5.92. The zero-order valence-corrected chi connectivity index (χ0v) is 12.1. The van der Waals surface area contributed by atoms with Crippen LogP contribution in [0.4, 0.5) is 0 Å². The van der Waals surface area contributed by atoms with Crippen molar-refractivity contribution in [2.75, 3.05) is 0 Å². The summed E-state index contributed by atoms with van der Waals surface area (Å²) >= 11 is 0. The van der Waals surface area contributed by atoms with Gasteiger partial charge in [-0.3, -0.25) is 0 Å². The molecule has 0 rings (SSSR count). The fourth-order valence-corrected chi connectivity index (χ4v) is 2.24. The van der Waals surface area contributed by atoms with Gasteiger partial charge in [0, 0.05) is 0 Å². The summed E-state index contributed by atoms with van der Waals surface area (Å²) in [6.45, 7) is 16.5. The second-order valence-corrected chi connectivity index (χ2v) is 7.49. The fraction of sp³-hybridized carbons (Fsp3) is 1.00. The molecule has 0 aliphatic heterocycles. The highest BCUT2D eigenvalue weighted by Crippen LogP contribution is 2.31. The first-order valence-electron chi connectivity index (χ1n) is 6.64. The van der Waals surface area contributed by atoms with Gasteiger partial charge in [0.15, 0.2) is 0 Å². The zero-order valence-electron chi connectivity index (χ0n) is 12.1. The standard InChI is InChI=1S/C15H32/c1-8-13(12-15(5,6)7)10-9-11-14(2,3)4/h13H,8-12H2,1-7H3. The molecule has 0 aromatic heterocycles. The first-order valence-corrected chi connectivity index (χ1v) is 6.64. The van der Waals surface area contributed by atoms with Crippen LogP contribution >= 0.6 is 0 Å². The van der Waals surface area contributed by atoms with Crippen molar-refractivity contribution in [2.24, 2.45) is 16.7 Å². The predicted molar refractivity (Wildman–Crippen MR) is 71.2 cm³/mol. The quantitative estimate of drug-likeness (QED) is 0.551. The van der Waals surface area contributed by atoms with E-state index in [0.717, 1.165) is 5.92 Å². The Morgan fingerprint density at radius 2 is 1.40 bits per heavy atom. The highest BCUT2D eigenvalue weighted by molar-refractivity contribution is 4.70. The van der Waals surface area contributed by atoms with Gasteiger partial charge in [0.1, 0.15) is 0 Å². The Morgan fingerprint density at radius 1 is 0.867 bits per heavy atom. The lowest BCUT2D eigenvalue weighted by atomic mass is 9.80. The summed E-state index contributed by atoms with van der Waals surface area (Å²) in [5, 5.41) is 0. The fourth-order valence-electron chi connectivity index (χ4n) is 2.24. The van der Waals surface area contributed by atoms with E-state index in [4.69, 9.17) is 0 Å². The average molecular weight is 212 g/mol.